The number of amides is 3. The maximum absolute atomic E-state index is 13.8. The van der Waals surface area contributed by atoms with E-state index in [9.17, 15) is 24.6 Å². The van der Waals surface area contributed by atoms with Crippen molar-refractivity contribution in [2.45, 2.75) is 117 Å². The molecule has 1 aromatic rings. The Labute approximate surface area is 228 Å². The predicted molar refractivity (Wildman–Crippen MR) is 149 cm³/mol. The number of unbranched alkanes of at least 4 members (excludes halogenated alkanes) is 5. The van der Waals surface area contributed by atoms with Crippen LogP contribution in [0.25, 0.3) is 0 Å². The summed E-state index contributed by atoms with van der Waals surface area (Å²) in [6.45, 7) is 10.8. The summed E-state index contributed by atoms with van der Waals surface area (Å²) >= 11 is 0. The van der Waals surface area contributed by atoms with Crippen LogP contribution >= 0.6 is 0 Å². The van der Waals surface area contributed by atoms with Crippen LogP contribution in [-0.4, -0.2) is 63.9 Å². The van der Waals surface area contributed by atoms with Crippen LogP contribution < -0.4 is 10.6 Å². The molecular formula is C29H49N3O6. The van der Waals surface area contributed by atoms with Gasteiger partial charge in [0.1, 0.15) is 23.4 Å². The van der Waals surface area contributed by atoms with Gasteiger partial charge >= 0.3 is 6.09 Å². The van der Waals surface area contributed by atoms with E-state index in [1.165, 1.54) is 17.0 Å². The number of nitrogens with zero attached hydrogens (tertiary/aromatic N) is 1. The van der Waals surface area contributed by atoms with E-state index in [2.05, 4.69) is 17.6 Å². The summed E-state index contributed by atoms with van der Waals surface area (Å²) < 4.78 is 5.28. The highest BCUT2D eigenvalue weighted by atomic mass is 16.6. The molecule has 9 nitrogen and oxygen atoms in total. The fraction of sp³-hybridized carbons (Fsp3) is 0.690. The quantitative estimate of drug-likeness (QED) is 0.225. The summed E-state index contributed by atoms with van der Waals surface area (Å²) in [5, 5.41) is 25.3. The number of alkyl carbamates (subject to hydrolysis) is 1. The van der Waals surface area contributed by atoms with Crippen LogP contribution in [0.4, 0.5) is 4.79 Å². The lowest BCUT2D eigenvalue weighted by atomic mass is 10.0. The smallest absolute Gasteiger partial charge is 0.408 e. The van der Waals surface area contributed by atoms with Crippen LogP contribution in [-0.2, 0) is 14.3 Å². The first kappa shape index (κ1) is 33.2. The van der Waals surface area contributed by atoms with Crippen molar-refractivity contribution in [2.75, 3.05) is 13.2 Å². The summed E-state index contributed by atoms with van der Waals surface area (Å²) in [7, 11) is 0. The number of carbonyl (C=O) groups is 3. The van der Waals surface area contributed by atoms with Gasteiger partial charge in [0, 0.05) is 12.6 Å². The Hall–Kier alpha value is -2.81. The van der Waals surface area contributed by atoms with E-state index in [0.717, 1.165) is 44.9 Å². The van der Waals surface area contributed by atoms with E-state index < -0.39 is 36.3 Å². The maximum Gasteiger partial charge on any atom is 0.408 e. The SMILES string of the molecule is CCCCCCCCN(C(=O)C(CO)NC(=O)OC(C)(C)C)C(C(=O)NC(C)CCC)c1ccc(O)cc1. The van der Waals surface area contributed by atoms with Crippen molar-refractivity contribution in [2.24, 2.45) is 0 Å². The number of nitrogens with one attached hydrogen (secondary N) is 2. The summed E-state index contributed by atoms with van der Waals surface area (Å²) in [6.07, 6.45) is 6.75. The standard InChI is InChI=1S/C29H49N3O6/c1-7-9-10-11-12-13-19-32(27(36)24(20-33)31-28(37)38-29(4,5)6)25(22-15-17-23(34)18-16-22)26(35)30-21(3)14-8-2/h15-18,21,24-25,33-34H,7-14,19-20H2,1-6H3,(H,30,35)(H,31,37). The molecule has 0 aliphatic carbocycles. The molecule has 0 bridgehead atoms. The highest BCUT2D eigenvalue weighted by Crippen LogP contribution is 2.26. The van der Waals surface area contributed by atoms with E-state index in [-0.39, 0.29) is 24.2 Å². The van der Waals surface area contributed by atoms with Crippen molar-refractivity contribution in [3.63, 3.8) is 0 Å². The molecule has 0 radical (unpaired) electrons. The van der Waals surface area contributed by atoms with Gasteiger partial charge in [-0.05, 0) is 58.2 Å². The summed E-state index contributed by atoms with van der Waals surface area (Å²) in [6, 6.07) is 3.77. The first-order chi connectivity index (χ1) is 17.9. The van der Waals surface area contributed by atoms with Crippen molar-refractivity contribution in [3.05, 3.63) is 29.8 Å². The van der Waals surface area contributed by atoms with Gasteiger partial charge in [-0.2, -0.15) is 0 Å². The third-order valence-corrected chi connectivity index (χ3v) is 6.09. The number of rotatable bonds is 16. The molecule has 0 saturated heterocycles. The molecule has 216 valence electrons. The molecule has 0 aliphatic rings. The zero-order valence-corrected chi connectivity index (χ0v) is 24.1. The molecule has 1 aromatic carbocycles. The normalized spacial score (nSPS) is 13.8. The van der Waals surface area contributed by atoms with Crippen LogP contribution in [0.2, 0.25) is 0 Å². The average Bonchev–Trinajstić information content (AvgIpc) is 2.83. The number of hydrogen-bond acceptors (Lipinski definition) is 6. The van der Waals surface area contributed by atoms with Gasteiger partial charge < -0.3 is 30.5 Å². The molecule has 0 aliphatic heterocycles. The van der Waals surface area contributed by atoms with E-state index in [1.807, 2.05) is 13.8 Å². The van der Waals surface area contributed by atoms with Crippen LogP contribution in [0.1, 0.15) is 105 Å². The molecule has 3 atom stereocenters. The molecule has 3 amide bonds. The molecule has 1 rings (SSSR count). The molecule has 3 unspecified atom stereocenters. The largest absolute Gasteiger partial charge is 0.508 e. The van der Waals surface area contributed by atoms with Gasteiger partial charge in [0.15, 0.2) is 0 Å². The first-order valence-corrected chi connectivity index (χ1v) is 13.9. The van der Waals surface area contributed by atoms with Gasteiger partial charge in [-0.1, -0.05) is 64.5 Å². The molecule has 9 heteroatoms. The number of phenols is 1. The topological polar surface area (TPSA) is 128 Å². The van der Waals surface area contributed by atoms with E-state index >= 15 is 0 Å². The Kier molecular flexibility index (Phi) is 14.8. The number of ether oxygens (including phenoxy) is 1. The number of benzene rings is 1. The van der Waals surface area contributed by atoms with Gasteiger partial charge in [0.05, 0.1) is 6.61 Å². The zero-order valence-electron chi connectivity index (χ0n) is 24.1. The number of hydrogen-bond donors (Lipinski definition) is 4. The van der Waals surface area contributed by atoms with Crippen LogP contribution in [0.15, 0.2) is 24.3 Å². The maximum atomic E-state index is 13.8. The Morgan fingerprint density at radius 1 is 0.947 bits per heavy atom. The minimum Gasteiger partial charge on any atom is -0.508 e. The number of phenolic OH excluding ortho intramolecular Hbond substituents is 1. The summed E-state index contributed by atoms with van der Waals surface area (Å²) in [5.41, 5.74) is -0.257. The second-order valence-electron chi connectivity index (χ2n) is 10.9. The Morgan fingerprint density at radius 3 is 2.11 bits per heavy atom. The van der Waals surface area contributed by atoms with Gasteiger partial charge in [0.25, 0.3) is 0 Å². The molecule has 0 spiro atoms. The molecule has 38 heavy (non-hydrogen) atoms. The number of aromatic hydroxyl groups is 1. The Morgan fingerprint density at radius 2 is 1.55 bits per heavy atom. The monoisotopic (exact) mass is 535 g/mol. The average molecular weight is 536 g/mol. The van der Waals surface area contributed by atoms with Gasteiger partial charge in [-0.15, -0.1) is 0 Å². The fourth-order valence-corrected chi connectivity index (χ4v) is 4.22. The van der Waals surface area contributed by atoms with Gasteiger partial charge in [-0.3, -0.25) is 9.59 Å². The van der Waals surface area contributed by atoms with E-state index in [1.54, 1.807) is 32.9 Å². The van der Waals surface area contributed by atoms with Gasteiger partial charge in [-0.25, -0.2) is 4.79 Å². The second kappa shape index (κ2) is 16.9. The first-order valence-electron chi connectivity index (χ1n) is 13.9. The minimum atomic E-state index is -1.29. The number of aliphatic hydroxyl groups excluding tert-OH is 1. The summed E-state index contributed by atoms with van der Waals surface area (Å²) in [4.78, 5) is 41.3. The van der Waals surface area contributed by atoms with Crippen LogP contribution in [0, 0.1) is 0 Å². The highest BCUT2D eigenvalue weighted by molar-refractivity contribution is 5.92. The van der Waals surface area contributed by atoms with E-state index in [4.69, 9.17) is 4.74 Å². The summed E-state index contributed by atoms with van der Waals surface area (Å²) in [5.74, 6) is -0.894. The van der Waals surface area contributed by atoms with Crippen molar-refractivity contribution >= 4 is 17.9 Å². The van der Waals surface area contributed by atoms with Crippen molar-refractivity contribution < 1.29 is 29.3 Å². The van der Waals surface area contributed by atoms with Gasteiger partial charge in [0.2, 0.25) is 11.8 Å². The fourth-order valence-electron chi connectivity index (χ4n) is 4.22. The minimum absolute atomic E-state index is 0.0425. The molecule has 0 saturated carbocycles. The molecular weight excluding hydrogens is 486 g/mol. The lowest BCUT2D eigenvalue weighted by Crippen LogP contribution is -2.55. The molecule has 0 heterocycles. The third-order valence-electron chi connectivity index (χ3n) is 6.09. The Bertz CT molecular complexity index is 853. The predicted octanol–water partition coefficient (Wildman–Crippen LogP) is 4.81. The Balaban J connectivity index is 3.33. The lowest BCUT2D eigenvalue weighted by molar-refractivity contribution is -0.143. The van der Waals surface area contributed by atoms with Crippen molar-refractivity contribution in [1.29, 1.82) is 0 Å². The van der Waals surface area contributed by atoms with Crippen molar-refractivity contribution in [1.82, 2.24) is 15.5 Å². The molecule has 4 N–H and O–H groups in total. The lowest BCUT2D eigenvalue weighted by Gasteiger charge is -2.34. The third kappa shape index (κ3) is 12.2. The highest BCUT2D eigenvalue weighted by Gasteiger charge is 2.36. The number of aliphatic hydroxyl groups is 1. The van der Waals surface area contributed by atoms with Crippen LogP contribution in [0.5, 0.6) is 5.75 Å². The second-order valence-corrected chi connectivity index (χ2v) is 10.9. The molecule has 0 aromatic heterocycles. The zero-order chi connectivity index (χ0) is 28.7. The van der Waals surface area contributed by atoms with Crippen LogP contribution in [0.3, 0.4) is 0 Å². The number of carbonyl (C=O) groups excluding carboxylic acids is 3. The van der Waals surface area contributed by atoms with Crippen molar-refractivity contribution in [3.8, 4) is 5.75 Å². The molecule has 0 fully saturated rings. The van der Waals surface area contributed by atoms with E-state index in [0.29, 0.717) is 12.0 Å².